The number of carbonyl (C=O) groups is 1. The molecule has 1 aromatic heterocycles. The molecule has 1 atom stereocenters. The molecule has 0 bridgehead atoms. The fourth-order valence-corrected chi connectivity index (χ4v) is 1.93. The molecule has 0 aromatic carbocycles. The predicted molar refractivity (Wildman–Crippen MR) is 67.0 cm³/mol. The number of nitrogens with zero attached hydrogens (tertiary/aromatic N) is 1. The number of carbonyl (C=O) groups excluding carboxylic acids is 1. The summed E-state index contributed by atoms with van der Waals surface area (Å²) in [6, 6.07) is -0.00579. The van der Waals surface area contributed by atoms with E-state index < -0.39 is 0 Å². The molecule has 0 spiro atoms. The molecule has 1 aromatic rings. The fourth-order valence-electron chi connectivity index (χ4n) is 1.85. The van der Waals surface area contributed by atoms with Gasteiger partial charge in [0.05, 0.1) is 6.04 Å². The molecule has 17 heavy (non-hydrogen) atoms. The largest absolute Gasteiger partial charge is 0.345 e. The van der Waals surface area contributed by atoms with Crippen LogP contribution in [0.1, 0.15) is 50.2 Å². The summed E-state index contributed by atoms with van der Waals surface area (Å²) in [6.07, 6.45) is 4.14. The van der Waals surface area contributed by atoms with E-state index in [9.17, 15) is 4.79 Å². The van der Waals surface area contributed by atoms with Crippen molar-refractivity contribution in [1.82, 2.24) is 15.3 Å². The zero-order valence-corrected chi connectivity index (χ0v) is 10.9. The highest BCUT2D eigenvalue weighted by atomic mass is 35.5. The van der Waals surface area contributed by atoms with Gasteiger partial charge in [-0.15, -0.1) is 11.6 Å². The lowest BCUT2D eigenvalue weighted by Gasteiger charge is -2.15. The standard InChI is InChI=1S/C12H18ClN3O/c1-7(2)9-6-14-12(15-9)11(8-3-4-8)16-10(17)5-13/h6-8,11H,3-5H2,1-2H3,(H,14,15)(H,16,17). The molecule has 4 nitrogen and oxygen atoms in total. The smallest absolute Gasteiger partial charge is 0.235 e. The van der Waals surface area contributed by atoms with E-state index in [1.165, 1.54) is 0 Å². The number of hydrogen-bond donors (Lipinski definition) is 2. The fraction of sp³-hybridized carbons (Fsp3) is 0.667. The molecule has 1 aliphatic rings. The Bertz CT molecular complexity index is 398. The van der Waals surface area contributed by atoms with Gasteiger partial charge < -0.3 is 10.3 Å². The second-order valence-corrected chi connectivity index (χ2v) is 5.16. The van der Waals surface area contributed by atoms with E-state index in [-0.39, 0.29) is 17.8 Å². The zero-order valence-electron chi connectivity index (χ0n) is 10.2. The third-order valence-corrected chi connectivity index (χ3v) is 3.31. The van der Waals surface area contributed by atoms with E-state index in [2.05, 4.69) is 29.1 Å². The molecule has 1 heterocycles. The van der Waals surface area contributed by atoms with E-state index in [1.54, 1.807) is 0 Å². The number of alkyl halides is 1. The predicted octanol–water partition coefficient (Wildman–Crippen LogP) is 2.34. The summed E-state index contributed by atoms with van der Waals surface area (Å²) in [6.45, 7) is 4.22. The number of H-pyrrole nitrogens is 1. The van der Waals surface area contributed by atoms with Gasteiger partial charge in [0.25, 0.3) is 0 Å². The maximum atomic E-state index is 11.4. The van der Waals surface area contributed by atoms with E-state index in [4.69, 9.17) is 11.6 Å². The van der Waals surface area contributed by atoms with E-state index in [0.717, 1.165) is 24.4 Å². The summed E-state index contributed by atoms with van der Waals surface area (Å²) in [5.41, 5.74) is 1.10. The lowest BCUT2D eigenvalue weighted by atomic mass is 10.1. The summed E-state index contributed by atoms with van der Waals surface area (Å²) < 4.78 is 0. The van der Waals surface area contributed by atoms with Crippen LogP contribution in [0.5, 0.6) is 0 Å². The van der Waals surface area contributed by atoms with Crippen LogP contribution in [0.2, 0.25) is 0 Å². The quantitative estimate of drug-likeness (QED) is 0.794. The first-order valence-electron chi connectivity index (χ1n) is 6.02. The minimum atomic E-state index is -0.133. The summed E-state index contributed by atoms with van der Waals surface area (Å²) in [5, 5.41) is 2.93. The first-order valence-corrected chi connectivity index (χ1v) is 6.55. The van der Waals surface area contributed by atoms with E-state index in [1.807, 2.05) is 6.20 Å². The van der Waals surface area contributed by atoms with Gasteiger partial charge in [-0.05, 0) is 24.7 Å². The Kier molecular flexibility index (Phi) is 3.72. The molecule has 2 rings (SSSR count). The lowest BCUT2D eigenvalue weighted by Crippen LogP contribution is -2.31. The maximum Gasteiger partial charge on any atom is 0.235 e. The highest BCUT2D eigenvalue weighted by Crippen LogP contribution is 2.40. The molecular weight excluding hydrogens is 238 g/mol. The minimum Gasteiger partial charge on any atom is -0.345 e. The highest BCUT2D eigenvalue weighted by Gasteiger charge is 2.35. The van der Waals surface area contributed by atoms with Crippen molar-refractivity contribution in [3.05, 3.63) is 17.7 Å². The average Bonchev–Trinajstić information content (AvgIpc) is 3.02. The van der Waals surface area contributed by atoms with E-state index >= 15 is 0 Å². The Balaban J connectivity index is 2.11. The van der Waals surface area contributed by atoms with Crippen LogP contribution < -0.4 is 5.32 Å². The molecule has 94 valence electrons. The van der Waals surface area contributed by atoms with Crippen LogP contribution in [0, 0.1) is 5.92 Å². The van der Waals surface area contributed by atoms with Crippen molar-refractivity contribution in [3.63, 3.8) is 0 Å². The molecule has 1 amide bonds. The number of aromatic amines is 1. The van der Waals surface area contributed by atoms with Crippen LogP contribution >= 0.6 is 11.6 Å². The van der Waals surface area contributed by atoms with Gasteiger partial charge in [-0.1, -0.05) is 13.8 Å². The van der Waals surface area contributed by atoms with Crippen LogP contribution in [-0.2, 0) is 4.79 Å². The molecule has 0 radical (unpaired) electrons. The molecule has 5 heteroatoms. The topological polar surface area (TPSA) is 57.8 Å². The van der Waals surface area contributed by atoms with Crippen molar-refractivity contribution in [2.75, 3.05) is 5.88 Å². The average molecular weight is 256 g/mol. The number of halogens is 1. The number of amides is 1. The normalized spacial score (nSPS) is 17.2. The van der Waals surface area contributed by atoms with Crippen molar-refractivity contribution in [3.8, 4) is 0 Å². The Labute approximate surface area is 106 Å². The van der Waals surface area contributed by atoms with Gasteiger partial charge in [-0.2, -0.15) is 0 Å². The SMILES string of the molecule is CC(C)c1cnc(C(NC(=O)CCl)C2CC2)[nH]1. The third-order valence-electron chi connectivity index (χ3n) is 3.06. The molecule has 0 aliphatic heterocycles. The number of hydrogen-bond acceptors (Lipinski definition) is 2. The number of imidazole rings is 1. The zero-order chi connectivity index (χ0) is 12.4. The van der Waals surface area contributed by atoms with Gasteiger partial charge >= 0.3 is 0 Å². The van der Waals surface area contributed by atoms with Crippen molar-refractivity contribution >= 4 is 17.5 Å². The monoisotopic (exact) mass is 255 g/mol. The van der Waals surface area contributed by atoms with Gasteiger partial charge in [0.1, 0.15) is 11.7 Å². The molecular formula is C12H18ClN3O. The van der Waals surface area contributed by atoms with Crippen LogP contribution in [0.25, 0.3) is 0 Å². The van der Waals surface area contributed by atoms with Gasteiger partial charge in [0.15, 0.2) is 0 Å². The number of aromatic nitrogens is 2. The molecule has 1 unspecified atom stereocenters. The van der Waals surface area contributed by atoms with Crippen LogP contribution in [0.4, 0.5) is 0 Å². The summed E-state index contributed by atoms with van der Waals surface area (Å²) in [5.74, 6) is 1.65. The molecule has 2 N–H and O–H groups in total. The second kappa shape index (κ2) is 5.08. The van der Waals surface area contributed by atoms with Gasteiger partial charge in [0, 0.05) is 11.9 Å². The highest BCUT2D eigenvalue weighted by molar-refractivity contribution is 6.27. The first kappa shape index (κ1) is 12.4. The molecule has 0 saturated heterocycles. The summed E-state index contributed by atoms with van der Waals surface area (Å²) in [7, 11) is 0. The Morgan fingerprint density at radius 1 is 1.65 bits per heavy atom. The van der Waals surface area contributed by atoms with Crippen LogP contribution in [0.3, 0.4) is 0 Å². The Morgan fingerprint density at radius 2 is 2.35 bits per heavy atom. The number of rotatable bonds is 5. The van der Waals surface area contributed by atoms with Crippen molar-refractivity contribution in [1.29, 1.82) is 0 Å². The Morgan fingerprint density at radius 3 is 2.82 bits per heavy atom. The lowest BCUT2D eigenvalue weighted by molar-refractivity contribution is -0.119. The third kappa shape index (κ3) is 3.00. The summed E-state index contributed by atoms with van der Waals surface area (Å²) in [4.78, 5) is 19.1. The maximum absolute atomic E-state index is 11.4. The first-order chi connectivity index (χ1) is 8.11. The van der Waals surface area contributed by atoms with Gasteiger partial charge in [0.2, 0.25) is 5.91 Å². The number of nitrogens with one attached hydrogen (secondary N) is 2. The van der Waals surface area contributed by atoms with Crippen molar-refractivity contribution in [2.24, 2.45) is 5.92 Å². The molecule has 1 aliphatic carbocycles. The van der Waals surface area contributed by atoms with E-state index in [0.29, 0.717) is 11.8 Å². The van der Waals surface area contributed by atoms with Crippen molar-refractivity contribution in [2.45, 2.75) is 38.6 Å². The van der Waals surface area contributed by atoms with Crippen LogP contribution in [0.15, 0.2) is 6.20 Å². The molecule has 1 fully saturated rings. The van der Waals surface area contributed by atoms with Gasteiger partial charge in [-0.3, -0.25) is 4.79 Å². The van der Waals surface area contributed by atoms with Crippen LogP contribution in [-0.4, -0.2) is 21.8 Å². The minimum absolute atomic E-state index is 0.000959. The van der Waals surface area contributed by atoms with Crippen molar-refractivity contribution < 1.29 is 4.79 Å². The molecule has 1 saturated carbocycles. The Hall–Kier alpha value is -1.03. The van der Waals surface area contributed by atoms with Gasteiger partial charge in [-0.25, -0.2) is 4.98 Å². The second-order valence-electron chi connectivity index (χ2n) is 4.89. The summed E-state index contributed by atoms with van der Waals surface area (Å²) >= 11 is 5.52.